The number of hydrogen-bond donors (Lipinski definition) is 1. The standard InChI is InChI=1S/C13H16ClNO3/c1-2-18-13(17)11(15-12(16)9-14)8-10-6-4-3-5-7-10/h3-7,11H,2,8-9H2,1H3,(H,15,16)/t11-/m0/s1. The molecule has 1 atom stereocenters. The van der Waals surface area contributed by atoms with Crippen molar-refractivity contribution in [2.45, 2.75) is 19.4 Å². The van der Waals surface area contributed by atoms with Gasteiger partial charge in [-0.15, -0.1) is 11.6 Å². The molecule has 0 aromatic heterocycles. The largest absolute Gasteiger partial charge is 0.464 e. The predicted octanol–water partition coefficient (Wildman–Crippen LogP) is 1.52. The van der Waals surface area contributed by atoms with E-state index in [2.05, 4.69) is 5.32 Å². The third kappa shape index (κ3) is 4.75. The Hall–Kier alpha value is -1.55. The van der Waals surface area contributed by atoms with Gasteiger partial charge in [0.1, 0.15) is 11.9 Å². The minimum absolute atomic E-state index is 0.176. The van der Waals surface area contributed by atoms with Crippen molar-refractivity contribution >= 4 is 23.5 Å². The van der Waals surface area contributed by atoms with Gasteiger partial charge in [0.15, 0.2) is 0 Å². The molecule has 18 heavy (non-hydrogen) atoms. The van der Waals surface area contributed by atoms with Crippen molar-refractivity contribution in [2.24, 2.45) is 0 Å². The predicted molar refractivity (Wildman–Crippen MR) is 69.4 cm³/mol. The molecule has 1 amide bonds. The van der Waals surface area contributed by atoms with Gasteiger partial charge in [0.05, 0.1) is 6.61 Å². The molecule has 0 saturated heterocycles. The average Bonchev–Trinajstić information content (AvgIpc) is 2.39. The van der Waals surface area contributed by atoms with Crippen molar-refractivity contribution in [1.29, 1.82) is 0 Å². The van der Waals surface area contributed by atoms with Crippen molar-refractivity contribution in [2.75, 3.05) is 12.5 Å². The zero-order valence-electron chi connectivity index (χ0n) is 10.2. The zero-order valence-corrected chi connectivity index (χ0v) is 10.9. The fourth-order valence-corrected chi connectivity index (χ4v) is 1.60. The maximum atomic E-state index is 11.7. The van der Waals surface area contributed by atoms with Gasteiger partial charge in [-0.1, -0.05) is 30.3 Å². The number of ether oxygens (including phenoxy) is 1. The summed E-state index contributed by atoms with van der Waals surface area (Å²) < 4.78 is 4.92. The van der Waals surface area contributed by atoms with Crippen molar-refractivity contribution < 1.29 is 14.3 Å². The first-order chi connectivity index (χ1) is 8.67. The van der Waals surface area contributed by atoms with Crippen molar-refractivity contribution in [1.82, 2.24) is 5.32 Å². The Kier molecular flexibility index (Phi) is 6.22. The van der Waals surface area contributed by atoms with E-state index in [1.165, 1.54) is 0 Å². The van der Waals surface area contributed by atoms with Gasteiger partial charge < -0.3 is 10.1 Å². The van der Waals surface area contributed by atoms with Crippen LogP contribution in [0.1, 0.15) is 12.5 Å². The molecule has 0 fully saturated rings. The molecular formula is C13H16ClNO3. The number of carbonyl (C=O) groups is 2. The molecule has 98 valence electrons. The van der Waals surface area contributed by atoms with Crippen LogP contribution in [0.25, 0.3) is 0 Å². The van der Waals surface area contributed by atoms with Crippen LogP contribution < -0.4 is 5.32 Å². The first-order valence-corrected chi connectivity index (χ1v) is 6.26. The molecule has 0 heterocycles. The van der Waals surface area contributed by atoms with E-state index >= 15 is 0 Å². The van der Waals surface area contributed by atoms with Gasteiger partial charge in [-0.3, -0.25) is 4.79 Å². The number of benzene rings is 1. The highest BCUT2D eigenvalue weighted by molar-refractivity contribution is 6.27. The summed E-state index contributed by atoms with van der Waals surface area (Å²) in [5.74, 6) is -1.00. The Labute approximate surface area is 111 Å². The highest BCUT2D eigenvalue weighted by Crippen LogP contribution is 2.05. The highest BCUT2D eigenvalue weighted by atomic mass is 35.5. The quantitative estimate of drug-likeness (QED) is 0.629. The minimum atomic E-state index is -0.696. The molecule has 0 aliphatic rings. The molecule has 1 aromatic carbocycles. The number of rotatable bonds is 6. The Balaban J connectivity index is 2.71. The average molecular weight is 270 g/mol. The molecule has 1 rings (SSSR count). The van der Waals surface area contributed by atoms with Crippen LogP contribution in [0.5, 0.6) is 0 Å². The second-order valence-electron chi connectivity index (χ2n) is 3.70. The van der Waals surface area contributed by atoms with Gasteiger partial charge in [0.25, 0.3) is 0 Å². The summed E-state index contributed by atoms with van der Waals surface area (Å²) in [6, 6.07) is 8.72. The Morgan fingerprint density at radius 3 is 2.56 bits per heavy atom. The number of carbonyl (C=O) groups excluding carboxylic acids is 2. The van der Waals surface area contributed by atoms with Crippen molar-refractivity contribution in [3.05, 3.63) is 35.9 Å². The maximum absolute atomic E-state index is 11.7. The van der Waals surface area contributed by atoms with Crippen molar-refractivity contribution in [3.8, 4) is 0 Å². The lowest BCUT2D eigenvalue weighted by atomic mass is 10.1. The number of esters is 1. The van der Waals surface area contributed by atoms with Crippen LogP contribution in [0.15, 0.2) is 30.3 Å². The van der Waals surface area contributed by atoms with Crippen molar-refractivity contribution in [3.63, 3.8) is 0 Å². The summed E-state index contributed by atoms with van der Waals surface area (Å²) in [4.78, 5) is 23.0. The van der Waals surface area contributed by atoms with Gasteiger partial charge in [0, 0.05) is 6.42 Å². The van der Waals surface area contributed by atoms with E-state index in [-0.39, 0.29) is 18.4 Å². The lowest BCUT2D eigenvalue weighted by molar-refractivity contribution is -0.147. The molecule has 0 unspecified atom stereocenters. The summed E-state index contributed by atoms with van der Waals surface area (Å²) in [5, 5.41) is 2.55. The smallest absolute Gasteiger partial charge is 0.328 e. The van der Waals surface area contributed by atoms with Crippen LogP contribution in [-0.2, 0) is 20.7 Å². The van der Waals surface area contributed by atoms with E-state index in [4.69, 9.17) is 16.3 Å². The third-order valence-electron chi connectivity index (χ3n) is 2.31. The van der Waals surface area contributed by atoms with E-state index in [1.807, 2.05) is 30.3 Å². The molecule has 1 N–H and O–H groups in total. The van der Waals surface area contributed by atoms with Gasteiger partial charge in [-0.25, -0.2) is 4.79 Å². The first kappa shape index (κ1) is 14.5. The fraction of sp³-hybridized carbons (Fsp3) is 0.385. The molecule has 0 bridgehead atoms. The second kappa shape index (κ2) is 7.71. The Morgan fingerprint density at radius 2 is 2.00 bits per heavy atom. The zero-order chi connectivity index (χ0) is 13.4. The van der Waals surface area contributed by atoms with Gasteiger partial charge in [-0.2, -0.15) is 0 Å². The first-order valence-electron chi connectivity index (χ1n) is 5.73. The van der Waals surface area contributed by atoms with E-state index in [1.54, 1.807) is 6.92 Å². The van der Waals surface area contributed by atoms with Crippen LogP contribution in [-0.4, -0.2) is 30.4 Å². The molecule has 4 nitrogen and oxygen atoms in total. The second-order valence-corrected chi connectivity index (χ2v) is 3.96. The number of amides is 1. The maximum Gasteiger partial charge on any atom is 0.328 e. The molecular weight excluding hydrogens is 254 g/mol. The fourth-order valence-electron chi connectivity index (χ4n) is 1.52. The topological polar surface area (TPSA) is 55.4 Å². The van der Waals surface area contributed by atoms with Crippen LogP contribution >= 0.6 is 11.6 Å². The summed E-state index contributed by atoms with van der Waals surface area (Å²) in [5.41, 5.74) is 0.949. The van der Waals surface area contributed by atoms with E-state index in [9.17, 15) is 9.59 Å². The van der Waals surface area contributed by atoms with Crippen LogP contribution in [0, 0.1) is 0 Å². The summed E-state index contributed by atoms with van der Waals surface area (Å²) >= 11 is 5.42. The molecule has 0 radical (unpaired) electrons. The number of hydrogen-bond acceptors (Lipinski definition) is 3. The molecule has 1 aromatic rings. The number of nitrogens with one attached hydrogen (secondary N) is 1. The lowest BCUT2D eigenvalue weighted by Gasteiger charge is -2.16. The Morgan fingerprint density at radius 1 is 1.33 bits per heavy atom. The molecule has 0 aliphatic carbocycles. The Bertz CT molecular complexity index is 394. The molecule has 0 spiro atoms. The third-order valence-corrected chi connectivity index (χ3v) is 2.55. The summed E-state index contributed by atoms with van der Waals surface area (Å²) in [6.07, 6.45) is 0.391. The van der Waals surface area contributed by atoms with E-state index in [0.717, 1.165) is 5.56 Å². The van der Waals surface area contributed by atoms with Crippen LogP contribution in [0.4, 0.5) is 0 Å². The van der Waals surface area contributed by atoms with Gasteiger partial charge in [0.2, 0.25) is 5.91 Å². The number of halogens is 1. The lowest BCUT2D eigenvalue weighted by Crippen LogP contribution is -2.43. The van der Waals surface area contributed by atoms with Gasteiger partial charge >= 0.3 is 5.97 Å². The van der Waals surface area contributed by atoms with Crippen LogP contribution in [0.2, 0.25) is 0 Å². The van der Waals surface area contributed by atoms with E-state index < -0.39 is 12.0 Å². The van der Waals surface area contributed by atoms with Gasteiger partial charge in [-0.05, 0) is 12.5 Å². The highest BCUT2D eigenvalue weighted by Gasteiger charge is 2.21. The minimum Gasteiger partial charge on any atom is -0.464 e. The van der Waals surface area contributed by atoms with E-state index in [0.29, 0.717) is 6.42 Å². The summed E-state index contributed by atoms with van der Waals surface area (Å²) in [6.45, 7) is 2.00. The molecule has 5 heteroatoms. The normalized spacial score (nSPS) is 11.7. The SMILES string of the molecule is CCOC(=O)[C@H](Cc1ccccc1)NC(=O)CCl. The molecule has 0 saturated carbocycles. The molecule has 0 aliphatic heterocycles. The number of alkyl halides is 1. The van der Waals surface area contributed by atoms with Crippen LogP contribution in [0.3, 0.4) is 0 Å². The summed E-state index contributed by atoms with van der Waals surface area (Å²) in [7, 11) is 0. The monoisotopic (exact) mass is 269 g/mol.